The Morgan fingerprint density at radius 1 is 0.909 bits per heavy atom. The largest absolute Gasteiger partial charge is 0.344 e. The number of fused-ring (bicyclic) bond motifs is 1. The minimum absolute atomic E-state index is 0.0170. The van der Waals surface area contributed by atoms with E-state index in [1.165, 1.54) is 23.5 Å². The van der Waals surface area contributed by atoms with Crippen molar-refractivity contribution in [3.8, 4) is 0 Å². The Kier molecular flexibility index (Phi) is 14.1. The summed E-state index contributed by atoms with van der Waals surface area (Å²) in [6, 6.07) is 4.46. The van der Waals surface area contributed by atoms with Gasteiger partial charge in [-0.3, -0.25) is 33.8 Å². The fourth-order valence-electron chi connectivity index (χ4n) is 8.21. The van der Waals surface area contributed by atoms with Gasteiger partial charge in [0.1, 0.15) is 23.8 Å². The number of ketones is 1. The maximum atomic E-state index is 14.7. The highest BCUT2D eigenvalue weighted by molar-refractivity contribution is 6.38. The van der Waals surface area contributed by atoms with Crippen molar-refractivity contribution in [2.75, 3.05) is 13.1 Å². The normalized spacial score (nSPS) is 22.1. The van der Waals surface area contributed by atoms with Gasteiger partial charge in [0, 0.05) is 25.0 Å². The number of aromatic nitrogens is 2. The molecule has 1 aromatic heterocycles. The van der Waals surface area contributed by atoms with Crippen LogP contribution in [-0.2, 0) is 24.0 Å². The van der Waals surface area contributed by atoms with Crippen LogP contribution >= 0.6 is 0 Å². The number of benzene rings is 1. The summed E-state index contributed by atoms with van der Waals surface area (Å²) < 4.78 is 0. The molecule has 5 N–H and O–H groups in total. The Hall–Kier alpha value is -4.72. The van der Waals surface area contributed by atoms with E-state index in [1.807, 2.05) is 58.0 Å². The summed E-state index contributed by atoms with van der Waals surface area (Å²) in [5, 5.41) is 14.8. The first kappa shape index (κ1) is 41.4. The van der Waals surface area contributed by atoms with Crippen molar-refractivity contribution >= 4 is 35.3 Å². The van der Waals surface area contributed by atoms with Gasteiger partial charge in [-0.15, -0.1) is 0 Å². The molecule has 1 aromatic carbocycles. The van der Waals surface area contributed by atoms with Gasteiger partial charge in [0.2, 0.25) is 23.5 Å². The van der Waals surface area contributed by atoms with E-state index < -0.39 is 70.9 Å². The number of carbonyl (C=O) groups excluding carboxylic acids is 6. The van der Waals surface area contributed by atoms with Crippen LogP contribution in [-0.4, -0.2) is 93.5 Å². The average Bonchev–Trinajstić information content (AvgIpc) is 3.78. The third-order valence-corrected chi connectivity index (χ3v) is 11.3. The highest BCUT2D eigenvalue weighted by Gasteiger charge is 2.52. The molecule has 3 aliphatic rings. The predicted octanol–water partition coefficient (Wildman–Crippen LogP) is 3.00. The Balaban J connectivity index is 1.34. The maximum Gasteiger partial charge on any atom is 0.290 e. The molecule has 5 rings (SSSR count). The van der Waals surface area contributed by atoms with E-state index in [4.69, 9.17) is 0 Å². The van der Waals surface area contributed by atoms with E-state index in [2.05, 4.69) is 36.6 Å². The van der Waals surface area contributed by atoms with Crippen LogP contribution in [0.1, 0.15) is 114 Å². The van der Waals surface area contributed by atoms with Crippen molar-refractivity contribution in [2.24, 2.45) is 17.3 Å². The van der Waals surface area contributed by atoms with Gasteiger partial charge in [-0.1, -0.05) is 96.6 Å². The lowest BCUT2D eigenvalue weighted by Gasteiger charge is -2.37. The highest BCUT2D eigenvalue weighted by atomic mass is 16.2. The molecule has 0 unspecified atom stereocenters. The SMILES string of the molecule is CCC[C@H](NC(=O)[C@@H]1[C@H]2NCC[C@H]2CN1C(=O)[C@@H](NC(=O)[C@H](CC1CCCCC1)NC(=O)c1cnccn1)C(C)(C)C)C(=O)C(=O)N[C@@H](C)c1ccccc1. The van der Waals surface area contributed by atoms with Crippen molar-refractivity contribution < 1.29 is 28.8 Å². The number of hydrogen-bond donors (Lipinski definition) is 5. The smallest absolute Gasteiger partial charge is 0.290 e. The molecule has 2 aromatic rings. The van der Waals surface area contributed by atoms with Crippen LogP contribution in [0.2, 0.25) is 0 Å². The molecule has 2 saturated heterocycles. The third kappa shape index (κ3) is 10.5. The van der Waals surface area contributed by atoms with Gasteiger partial charge in [-0.05, 0) is 55.5 Å². The zero-order valence-corrected chi connectivity index (χ0v) is 32.8. The molecule has 2 aliphatic heterocycles. The number of amides is 5. The van der Waals surface area contributed by atoms with Gasteiger partial charge in [0.05, 0.1) is 18.3 Å². The number of carbonyl (C=O) groups is 6. The monoisotopic (exact) mass is 758 g/mol. The summed E-state index contributed by atoms with van der Waals surface area (Å²) in [5.74, 6) is -3.31. The Labute approximate surface area is 324 Å². The predicted molar refractivity (Wildman–Crippen MR) is 206 cm³/mol. The lowest BCUT2D eigenvalue weighted by Crippen LogP contribution is -2.63. The molecule has 1 aliphatic carbocycles. The van der Waals surface area contributed by atoms with Crippen LogP contribution in [0.15, 0.2) is 48.9 Å². The fraction of sp³-hybridized carbons (Fsp3) is 0.610. The third-order valence-electron chi connectivity index (χ3n) is 11.3. The van der Waals surface area contributed by atoms with Crippen LogP contribution in [0, 0.1) is 17.3 Å². The van der Waals surface area contributed by atoms with Crippen LogP contribution in [0.5, 0.6) is 0 Å². The van der Waals surface area contributed by atoms with E-state index in [9.17, 15) is 28.8 Å². The molecule has 3 heterocycles. The van der Waals surface area contributed by atoms with Crippen molar-refractivity contribution in [1.29, 1.82) is 0 Å². The van der Waals surface area contributed by atoms with Gasteiger partial charge in [-0.2, -0.15) is 0 Å². The van der Waals surface area contributed by atoms with E-state index >= 15 is 0 Å². The molecule has 14 heteroatoms. The van der Waals surface area contributed by atoms with Crippen molar-refractivity contribution in [3.05, 3.63) is 60.2 Å². The number of rotatable bonds is 15. The minimum Gasteiger partial charge on any atom is -0.344 e. The average molecular weight is 759 g/mol. The lowest BCUT2D eigenvalue weighted by atomic mass is 9.83. The summed E-state index contributed by atoms with van der Waals surface area (Å²) in [4.78, 5) is 92.7. The van der Waals surface area contributed by atoms with Gasteiger partial charge in [0.15, 0.2) is 0 Å². The number of nitrogens with one attached hydrogen (secondary N) is 5. The number of likely N-dealkylation sites (tertiary alicyclic amines) is 1. The van der Waals surface area contributed by atoms with Crippen molar-refractivity contribution in [1.82, 2.24) is 41.5 Å². The van der Waals surface area contributed by atoms with Gasteiger partial charge < -0.3 is 31.5 Å². The van der Waals surface area contributed by atoms with E-state index in [0.717, 1.165) is 44.1 Å². The number of hydrogen-bond acceptors (Lipinski definition) is 9. The van der Waals surface area contributed by atoms with Crippen LogP contribution in [0.25, 0.3) is 0 Å². The van der Waals surface area contributed by atoms with Gasteiger partial charge in [-0.25, -0.2) is 4.98 Å². The molecule has 0 radical (unpaired) electrons. The highest BCUT2D eigenvalue weighted by Crippen LogP contribution is 2.34. The molecule has 1 saturated carbocycles. The first-order valence-corrected chi connectivity index (χ1v) is 19.9. The Bertz CT molecular complexity index is 1660. The fourth-order valence-corrected chi connectivity index (χ4v) is 8.21. The molecule has 5 amide bonds. The van der Waals surface area contributed by atoms with Crippen LogP contribution < -0.4 is 26.6 Å². The standard InChI is InChI=1S/C41H58N8O6/c1-6-13-29(34(50)39(54)45-25(2)27-16-11-8-12-17-27)46-38(53)33-32-28(18-19-44-32)24-49(33)40(55)35(41(3,4)5)48-36(51)30(22-26-14-9-7-10-15-26)47-37(52)31-23-42-20-21-43-31/h8,11-12,16-17,20-21,23,25-26,28-30,32-33,35,44H,6-7,9-10,13-15,18-19,22,24H2,1-5H3,(H,45,54)(H,46,53)(H,47,52)(H,48,51)/t25-,28-,29-,30-,32-,33-,35+/m0/s1. The molecule has 3 fully saturated rings. The zero-order chi connectivity index (χ0) is 39.7. The molecule has 298 valence electrons. The summed E-state index contributed by atoms with van der Waals surface area (Å²) >= 11 is 0. The molecule has 14 nitrogen and oxygen atoms in total. The Morgan fingerprint density at radius 2 is 1.64 bits per heavy atom. The molecular formula is C41H58N8O6. The Morgan fingerprint density at radius 3 is 2.29 bits per heavy atom. The summed E-state index contributed by atoms with van der Waals surface area (Å²) in [7, 11) is 0. The quantitative estimate of drug-likeness (QED) is 0.170. The van der Waals surface area contributed by atoms with Crippen LogP contribution in [0.3, 0.4) is 0 Å². The first-order chi connectivity index (χ1) is 26.3. The molecule has 7 atom stereocenters. The van der Waals surface area contributed by atoms with Crippen molar-refractivity contribution in [2.45, 2.75) is 129 Å². The minimum atomic E-state index is -1.09. The summed E-state index contributed by atoms with van der Waals surface area (Å²) in [6.45, 7) is 10.2. The van der Waals surface area contributed by atoms with E-state index in [1.54, 1.807) is 6.92 Å². The van der Waals surface area contributed by atoms with E-state index in [0.29, 0.717) is 19.4 Å². The van der Waals surface area contributed by atoms with Crippen LogP contribution in [0.4, 0.5) is 0 Å². The topological polar surface area (TPSA) is 192 Å². The zero-order valence-electron chi connectivity index (χ0n) is 32.8. The molecule has 0 bridgehead atoms. The summed E-state index contributed by atoms with van der Waals surface area (Å²) in [6.07, 6.45) is 11.3. The second kappa shape index (κ2) is 18.7. The van der Waals surface area contributed by atoms with Gasteiger partial charge >= 0.3 is 0 Å². The van der Waals surface area contributed by atoms with E-state index in [-0.39, 0.29) is 36.5 Å². The number of nitrogens with zero attached hydrogens (tertiary/aromatic N) is 3. The maximum absolute atomic E-state index is 14.7. The second-order valence-electron chi connectivity index (χ2n) is 16.4. The lowest BCUT2D eigenvalue weighted by molar-refractivity contribution is -0.145. The van der Waals surface area contributed by atoms with Crippen molar-refractivity contribution in [3.63, 3.8) is 0 Å². The molecule has 55 heavy (non-hydrogen) atoms. The summed E-state index contributed by atoms with van der Waals surface area (Å²) in [5.41, 5.74) is 0.143. The first-order valence-electron chi connectivity index (χ1n) is 19.9. The number of Topliss-reactive ketones (excluding diaryl/α,β-unsaturated/α-hetero) is 1. The second-order valence-corrected chi connectivity index (χ2v) is 16.4. The molecular weight excluding hydrogens is 701 g/mol. The molecule has 0 spiro atoms. The van der Waals surface area contributed by atoms with Gasteiger partial charge in [0.25, 0.3) is 11.8 Å².